The molecular formula is C60H69Cl2SiZr. The molecule has 4 heteroatoms. The van der Waals surface area contributed by atoms with Crippen molar-refractivity contribution < 1.29 is 15.6 Å². The Morgan fingerprint density at radius 2 is 0.906 bits per heavy atom. The quantitative estimate of drug-likeness (QED) is 0.101. The van der Waals surface area contributed by atoms with E-state index in [0.717, 1.165) is 12.8 Å². The molecule has 0 bridgehead atoms. The Morgan fingerprint density at radius 1 is 0.500 bits per heavy atom. The molecule has 0 nitrogen and oxygen atoms in total. The van der Waals surface area contributed by atoms with Crippen LogP contribution < -0.4 is 0 Å². The van der Waals surface area contributed by atoms with Crippen LogP contribution >= 0.6 is 17.0 Å². The SMILES string of the molecule is CCCC1(CC2=Cc3c(-c4ccc5ccccc5c4)cccc3[CH]2[Zr]([Cl])([Cl])([CH]2C(CC3(CCC)CCCCC3)=Cc3c(-c4ccc5ccccc5c4)cccc32)[SiH](C)C)CCCCC1. The minimum atomic E-state index is -5.19. The van der Waals surface area contributed by atoms with Gasteiger partial charge in [0.15, 0.2) is 0 Å². The van der Waals surface area contributed by atoms with Gasteiger partial charge in [-0.1, -0.05) is 0 Å². The van der Waals surface area contributed by atoms with E-state index in [1.807, 2.05) is 0 Å². The molecule has 0 aliphatic heterocycles. The van der Waals surface area contributed by atoms with Crippen LogP contribution in [0.5, 0.6) is 0 Å². The first-order chi connectivity index (χ1) is 31.0. The summed E-state index contributed by atoms with van der Waals surface area (Å²) in [4.78, 5) is 0. The summed E-state index contributed by atoms with van der Waals surface area (Å²) < 4.78 is 0.166. The first-order valence-corrected chi connectivity index (χ1v) is 41.6. The Hall–Kier alpha value is -3.00. The Bertz CT molecular complexity index is 2570. The van der Waals surface area contributed by atoms with Gasteiger partial charge < -0.3 is 0 Å². The molecule has 331 valence electrons. The first-order valence-electron chi connectivity index (χ1n) is 25.3. The van der Waals surface area contributed by atoms with E-state index >= 15 is 0 Å². The fraction of sp³-hybridized carbons (Fsp3) is 0.400. The normalized spacial score (nSPS) is 21.0. The van der Waals surface area contributed by atoms with Gasteiger partial charge in [0, 0.05) is 0 Å². The number of allylic oxidation sites excluding steroid dienone is 2. The van der Waals surface area contributed by atoms with Crippen molar-refractivity contribution in [3.8, 4) is 22.3 Å². The second-order valence-electron chi connectivity index (χ2n) is 21.4. The van der Waals surface area contributed by atoms with Crippen LogP contribution in [0.2, 0.25) is 13.1 Å². The van der Waals surface area contributed by atoms with Gasteiger partial charge in [-0.3, -0.25) is 0 Å². The van der Waals surface area contributed by atoms with Crippen LogP contribution in [0.1, 0.15) is 146 Å². The van der Waals surface area contributed by atoms with Gasteiger partial charge >= 0.3 is 397 Å². The molecule has 2 unspecified atom stereocenters. The van der Waals surface area contributed by atoms with Gasteiger partial charge in [0.2, 0.25) is 0 Å². The van der Waals surface area contributed by atoms with Crippen molar-refractivity contribution in [2.75, 3.05) is 0 Å². The van der Waals surface area contributed by atoms with Crippen LogP contribution in [0.25, 0.3) is 56.0 Å². The summed E-state index contributed by atoms with van der Waals surface area (Å²) >= 11 is -5.19. The summed E-state index contributed by atoms with van der Waals surface area (Å²) in [6.07, 6.45) is 26.0. The summed E-state index contributed by atoms with van der Waals surface area (Å²) in [7, 11) is 18.8. The number of hydrogen-bond donors (Lipinski definition) is 0. The summed E-state index contributed by atoms with van der Waals surface area (Å²) in [5.74, 6) is -1.79. The third kappa shape index (κ3) is 7.85. The van der Waals surface area contributed by atoms with E-state index in [4.69, 9.17) is 0 Å². The van der Waals surface area contributed by atoms with Gasteiger partial charge in [-0.05, 0) is 0 Å². The number of fused-ring (bicyclic) bond motifs is 4. The second kappa shape index (κ2) is 17.9. The molecule has 0 saturated heterocycles. The molecule has 10 rings (SSSR count). The zero-order valence-corrected chi connectivity index (χ0v) is 44.1. The van der Waals surface area contributed by atoms with Crippen LogP contribution in [-0.4, -0.2) is 5.92 Å². The molecule has 0 heterocycles. The van der Waals surface area contributed by atoms with Crippen LogP contribution in [0, 0.1) is 10.8 Å². The van der Waals surface area contributed by atoms with Gasteiger partial charge in [0.05, 0.1) is 0 Å². The Balaban J connectivity index is 1.20. The van der Waals surface area contributed by atoms with Gasteiger partial charge in [-0.2, -0.15) is 0 Å². The van der Waals surface area contributed by atoms with E-state index in [2.05, 4.69) is 160 Å². The number of benzene rings is 6. The topological polar surface area (TPSA) is 0 Å². The summed E-state index contributed by atoms with van der Waals surface area (Å²) in [5, 5.41) is 5.15. The predicted octanol–water partition coefficient (Wildman–Crippen LogP) is 19.2. The maximum absolute atomic E-state index is 9.38. The molecule has 2 saturated carbocycles. The van der Waals surface area contributed by atoms with E-state index in [-0.39, 0.29) is 7.25 Å². The predicted molar refractivity (Wildman–Crippen MR) is 281 cm³/mol. The summed E-state index contributed by atoms with van der Waals surface area (Å²) in [6.45, 7) is 9.97. The van der Waals surface area contributed by atoms with E-state index in [1.54, 1.807) is 11.1 Å². The fourth-order valence-corrected chi connectivity index (χ4v) is 45.4. The first kappa shape index (κ1) is 44.8. The third-order valence-electron chi connectivity index (χ3n) is 17.2. The van der Waals surface area contributed by atoms with Crippen molar-refractivity contribution in [1.82, 2.24) is 0 Å². The molecule has 2 fully saturated rings. The molecule has 0 spiro atoms. The Labute approximate surface area is 393 Å². The molecular weight excluding hydrogens is 911 g/mol. The summed E-state index contributed by atoms with van der Waals surface area (Å²) in [5.41, 5.74) is 14.7. The molecule has 2 atom stereocenters. The maximum atomic E-state index is 9.38. The molecule has 0 N–H and O–H groups in total. The van der Waals surface area contributed by atoms with E-state index < -0.39 is 21.5 Å². The van der Waals surface area contributed by atoms with Crippen molar-refractivity contribution in [3.05, 3.63) is 155 Å². The molecule has 0 amide bonds. The van der Waals surface area contributed by atoms with Crippen molar-refractivity contribution in [2.45, 2.75) is 137 Å². The molecule has 4 aliphatic carbocycles. The average molecular weight is 980 g/mol. The molecule has 4 aliphatic rings. The van der Waals surface area contributed by atoms with Gasteiger partial charge in [0.1, 0.15) is 0 Å². The zero-order valence-electron chi connectivity index (χ0n) is 39.0. The van der Waals surface area contributed by atoms with Crippen molar-refractivity contribution in [1.29, 1.82) is 0 Å². The van der Waals surface area contributed by atoms with Crippen LogP contribution in [0.15, 0.2) is 132 Å². The van der Waals surface area contributed by atoms with Crippen LogP contribution in [0.3, 0.4) is 0 Å². The van der Waals surface area contributed by atoms with Gasteiger partial charge in [-0.15, -0.1) is 0 Å². The zero-order chi connectivity index (χ0) is 44.1. The van der Waals surface area contributed by atoms with E-state index in [9.17, 15) is 17.0 Å². The van der Waals surface area contributed by atoms with Gasteiger partial charge in [0.25, 0.3) is 0 Å². The average Bonchev–Trinajstić information content (AvgIpc) is 3.88. The van der Waals surface area contributed by atoms with Crippen LogP contribution in [-0.2, 0) is 15.6 Å². The number of halogens is 2. The van der Waals surface area contributed by atoms with Crippen molar-refractivity contribution in [3.63, 3.8) is 0 Å². The second-order valence-corrected chi connectivity index (χ2v) is 63.9. The molecule has 0 aromatic heterocycles. The third-order valence-corrected chi connectivity index (χ3v) is 69.0. The van der Waals surface area contributed by atoms with Crippen LogP contribution in [0.4, 0.5) is 0 Å². The van der Waals surface area contributed by atoms with Crippen molar-refractivity contribution in [2.24, 2.45) is 10.8 Å². The minimum absolute atomic E-state index is 0.0830. The molecule has 0 radical (unpaired) electrons. The van der Waals surface area contributed by atoms with E-state index in [1.165, 1.54) is 156 Å². The standard InChI is InChI=1S/2C29H31.C2H7Si.2ClH.Zr/c2*1-2-15-29(16-6-3-7-17-29)21-22-18-25-11-8-12-27(28(25)19-22)26-14-13-23-9-4-5-10-24(23)20-26;1-3-2;;;/h2*4-5,8-14,18-20H,2-3,6-7,15-17,21H2,1H3;3H,1-2H3;2*1H;/q;;;;;+2/p-2. The molecule has 6 aromatic rings. The van der Waals surface area contributed by atoms with Crippen molar-refractivity contribution >= 4 is 56.6 Å². The number of rotatable bonds is 13. The molecule has 6 aromatic carbocycles. The Kier molecular flexibility index (Phi) is 12.5. The van der Waals surface area contributed by atoms with Gasteiger partial charge in [-0.25, -0.2) is 0 Å². The number of hydrogen-bond acceptors (Lipinski definition) is 0. The monoisotopic (exact) mass is 977 g/mol. The Morgan fingerprint density at radius 3 is 1.30 bits per heavy atom. The fourth-order valence-electron chi connectivity index (χ4n) is 14.1. The molecule has 64 heavy (non-hydrogen) atoms. The van der Waals surface area contributed by atoms with E-state index in [0.29, 0.717) is 10.8 Å². The summed E-state index contributed by atoms with van der Waals surface area (Å²) in [6, 6.07) is 46.2.